The van der Waals surface area contributed by atoms with E-state index in [0.717, 1.165) is 49.2 Å². The lowest BCUT2D eigenvalue weighted by atomic mass is 9.81. The van der Waals surface area contributed by atoms with Gasteiger partial charge in [-0.1, -0.05) is 54.6 Å². The molecule has 2 aromatic carbocycles. The molecule has 3 heterocycles. The average Bonchev–Trinajstić information content (AvgIpc) is 3.24. The van der Waals surface area contributed by atoms with Gasteiger partial charge in [-0.05, 0) is 42.0 Å². The highest BCUT2D eigenvalue weighted by Gasteiger charge is 2.32. The number of nitrogens with zero attached hydrogens (tertiary/aromatic N) is 3. The van der Waals surface area contributed by atoms with Crippen LogP contribution in [0.25, 0.3) is 22.2 Å². The molecule has 0 aliphatic carbocycles. The van der Waals surface area contributed by atoms with Crippen molar-refractivity contribution in [2.75, 3.05) is 18.0 Å². The second-order valence-corrected chi connectivity index (χ2v) is 7.99. The maximum absolute atomic E-state index is 6.91. The molecule has 2 aromatic heterocycles. The predicted molar refractivity (Wildman–Crippen MR) is 118 cm³/mol. The molecule has 1 aliphatic rings. The van der Waals surface area contributed by atoms with Crippen LogP contribution in [0.1, 0.15) is 18.4 Å². The molecule has 146 valence electrons. The fourth-order valence-electron chi connectivity index (χ4n) is 4.40. The number of benzene rings is 2. The number of rotatable bonds is 4. The molecule has 4 aromatic rings. The Kier molecular flexibility index (Phi) is 4.52. The van der Waals surface area contributed by atoms with Crippen LogP contribution in [0.2, 0.25) is 0 Å². The molecule has 0 unspecified atom stereocenters. The topological polar surface area (TPSA) is 70.8 Å². The third kappa shape index (κ3) is 3.49. The van der Waals surface area contributed by atoms with Crippen molar-refractivity contribution in [1.82, 2.24) is 15.0 Å². The Labute approximate surface area is 170 Å². The van der Waals surface area contributed by atoms with Gasteiger partial charge in [-0.25, -0.2) is 9.97 Å². The summed E-state index contributed by atoms with van der Waals surface area (Å²) in [7, 11) is 0. The zero-order valence-electron chi connectivity index (χ0n) is 16.4. The van der Waals surface area contributed by atoms with Crippen molar-refractivity contribution in [3.05, 3.63) is 78.8 Å². The summed E-state index contributed by atoms with van der Waals surface area (Å²) in [6.45, 7) is 1.81. The van der Waals surface area contributed by atoms with E-state index >= 15 is 0 Å². The molecule has 5 nitrogen and oxygen atoms in total. The molecule has 3 N–H and O–H groups in total. The fourth-order valence-corrected chi connectivity index (χ4v) is 4.40. The summed E-state index contributed by atoms with van der Waals surface area (Å²) in [6.07, 6.45) is 6.31. The minimum atomic E-state index is -0.203. The maximum Gasteiger partial charge on any atom is 0.142 e. The van der Waals surface area contributed by atoms with Crippen molar-refractivity contribution < 1.29 is 0 Å². The lowest BCUT2D eigenvalue weighted by Gasteiger charge is -2.40. The third-order valence-electron chi connectivity index (χ3n) is 6.04. The van der Waals surface area contributed by atoms with E-state index in [4.69, 9.17) is 5.73 Å². The van der Waals surface area contributed by atoms with Crippen LogP contribution in [-0.2, 0) is 6.42 Å². The monoisotopic (exact) mass is 383 g/mol. The predicted octanol–water partition coefficient (Wildman–Crippen LogP) is 4.17. The standard InChI is InChI=1S/C24H25N5/c25-24(16-19-8-4-5-9-20(19)18-6-2-1-3-7-18)11-14-29(15-12-24)23-21-10-13-26-22(21)27-17-28-23/h1-10,13,17H,11-12,14-16,25H2,(H,26,27,28). The van der Waals surface area contributed by atoms with Crippen LogP contribution < -0.4 is 10.6 Å². The lowest BCUT2D eigenvalue weighted by Crippen LogP contribution is -2.52. The largest absolute Gasteiger partial charge is 0.356 e. The van der Waals surface area contributed by atoms with E-state index in [-0.39, 0.29) is 5.54 Å². The Bertz CT molecular complexity index is 1110. The summed E-state index contributed by atoms with van der Waals surface area (Å²) in [5.74, 6) is 1.00. The fraction of sp³-hybridized carbons (Fsp3) is 0.250. The van der Waals surface area contributed by atoms with Gasteiger partial charge in [-0.15, -0.1) is 0 Å². The first-order valence-electron chi connectivity index (χ1n) is 10.2. The number of fused-ring (bicyclic) bond motifs is 1. The number of piperidine rings is 1. The first-order chi connectivity index (χ1) is 14.2. The Hall–Kier alpha value is -3.18. The summed E-state index contributed by atoms with van der Waals surface area (Å²) in [4.78, 5) is 14.4. The van der Waals surface area contributed by atoms with Crippen LogP contribution in [0.15, 0.2) is 73.2 Å². The molecule has 5 rings (SSSR count). The van der Waals surface area contributed by atoms with E-state index in [1.165, 1.54) is 16.7 Å². The highest BCUT2D eigenvalue weighted by atomic mass is 15.2. The smallest absolute Gasteiger partial charge is 0.142 e. The molecule has 0 radical (unpaired) electrons. The SMILES string of the molecule is NC1(Cc2ccccc2-c2ccccc2)CCN(c2ncnc3[nH]ccc23)CC1. The van der Waals surface area contributed by atoms with Gasteiger partial charge in [-0.2, -0.15) is 0 Å². The zero-order chi connectivity index (χ0) is 19.7. The minimum absolute atomic E-state index is 0.203. The number of nitrogens with two attached hydrogens (primary N) is 1. The van der Waals surface area contributed by atoms with Gasteiger partial charge in [0.25, 0.3) is 0 Å². The summed E-state index contributed by atoms with van der Waals surface area (Å²) >= 11 is 0. The van der Waals surface area contributed by atoms with Crippen LogP contribution in [-0.4, -0.2) is 33.6 Å². The van der Waals surface area contributed by atoms with Crippen LogP contribution in [0, 0.1) is 0 Å². The first kappa shape index (κ1) is 17.9. The Morgan fingerprint density at radius 3 is 2.52 bits per heavy atom. The molecule has 0 spiro atoms. The number of aromatic nitrogens is 3. The Balaban J connectivity index is 1.35. The summed E-state index contributed by atoms with van der Waals surface area (Å²) in [5.41, 5.74) is 11.4. The number of hydrogen-bond donors (Lipinski definition) is 2. The van der Waals surface area contributed by atoms with E-state index < -0.39 is 0 Å². The van der Waals surface area contributed by atoms with Gasteiger partial charge in [0.2, 0.25) is 0 Å². The molecule has 29 heavy (non-hydrogen) atoms. The van der Waals surface area contributed by atoms with E-state index in [0.29, 0.717) is 0 Å². The van der Waals surface area contributed by atoms with E-state index in [2.05, 4.69) is 74.4 Å². The molecule has 5 heteroatoms. The third-order valence-corrected chi connectivity index (χ3v) is 6.04. The highest BCUT2D eigenvalue weighted by molar-refractivity contribution is 5.87. The molecule has 0 amide bonds. The van der Waals surface area contributed by atoms with Crippen molar-refractivity contribution >= 4 is 16.9 Å². The van der Waals surface area contributed by atoms with Gasteiger partial charge >= 0.3 is 0 Å². The average molecular weight is 383 g/mol. The van der Waals surface area contributed by atoms with Crippen molar-refractivity contribution in [3.8, 4) is 11.1 Å². The second kappa shape index (κ2) is 7.33. The van der Waals surface area contributed by atoms with E-state index in [1.807, 2.05) is 12.3 Å². The normalized spacial score (nSPS) is 16.2. The number of aromatic amines is 1. The van der Waals surface area contributed by atoms with Gasteiger partial charge < -0.3 is 15.6 Å². The molecule has 1 aliphatic heterocycles. The van der Waals surface area contributed by atoms with Gasteiger partial charge in [0, 0.05) is 24.8 Å². The molecule has 1 saturated heterocycles. The minimum Gasteiger partial charge on any atom is -0.356 e. The summed E-state index contributed by atoms with van der Waals surface area (Å²) < 4.78 is 0. The zero-order valence-corrected chi connectivity index (χ0v) is 16.4. The van der Waals surface area contributed by atoms with Crippen molar-refractivity contribution in [2.24, 2.45) is 5.73 Å². The quantitative estimate of drug-likeness (QED) is 0.555. The van der Waals surface area contributed by atoms with Gasteiger partial charge in [0.05, 0.1) is 5.39 Å². The molecule has 1 fully saturated rings. The number of hydrogen-bond acceptors (Lipinski definition) is 4. The first-order valence-corrected chi connectivity index (χ1v) is 10.2. The van der Waals surface area contributed by atoms with Crippen molar-refractivity contribution in [1.29, 1.82) is 0 Å². The second-order valence-electron chi connectivity index (χ2n) is 7.99. The number of nitrogens with one attached hydrogen (secondary N) is 1. The highest BCUT2D eigenvalue weighted by Crippen LogP contribution is 2.32. The van der Waals surface area contributed by atoms with Crippen molar-refractivity contribution in [2.45, 2.75) is 24.8 Å². The van der Waals surface area contributed by atoms with Gasteiger partial charge in [0.15, 0.2) is 0 Å². The van der Waals surface area contributed by atoms with Crippen LogP contribution >= 0.6 is 0 Å². The van der Waals surface area contributed by atoms with Crippen LogP contribution in [0.3, 0.4) is 0 Å². The van der Waals surface area contributed by atoms with E-state index in [9.17, 15) is 0 Å². The Morgan fingerprint density at radius 1 is 0.931 bits per heavy atom. The molecular formula is C24H25N5. The summed E-state index contributed by atoms with van der Waals surface area (Å²) in [6, 6.07) is 21.3. The van der Waals surface area contributed by atoms with Gasteiger partial charge in [-0.3, -0.25) is 0 Å². The molecular weight excluding hydrogens is 358 g/mol. The summed E-state index contributed by atoms with van der Waals surface area (Å²) in [5, 5.41) is 1.08. The Morgan fingerprint density at radius 2 is 1.69 bits per heavy atom. The molecule has 0 atom stereocenters. The number of H-pyrrole nitrogens is 1. The molecule has 0 bridgehead atoms. The lowest BCUT2D eigenvalue weighted by molar-refractivity contribution is 0.331. The van der Waals surface area contributed by atoms with Gasteiger partial charge in [0.1, 0.15) is 17.8 Å². The molecule has 0 saturated carbocycles. The van der Waals surface area contributed by atoms with Crippen LogP contribution in [0.4, 0.5) is 5.82 Å². The van der Waals surface area contributed by atoms with Crippen LogP contribution in [0.5, 0.6) is 0 Å². The van der Waals surface area contributed by atoms with Crippen molar-refractivity contribution in [3.63, 3.8) is 0 Å². The van der Waals surface area contributed by atoms with E-state index in [1.54, 1.807) is 6.33 Å². The number of anilines is 1. The maximum atomic E-state index is 6.91.